The molecule has 0 saturated heterocycles. The lowest BCUT2D eigenvalue weighted by molar-refractivity contribution is 0.273. The average molecular weight is 328 g/mol. The van der Waals surface area contributed by atoms with Crippen molar-refractivity contribution in [2.75, 3.05) is 19.1 Å². The summed E-state index contributed by atoms with van der Waals surface area (Å²) in [5, 5.41) is 12.9. The number of methoxy groups -OCH3 is 1. The van der Waals surface area contributed by atoms with Crippen LogP contribution in [0.3, 0.4) is 0 Å². The molecule has 1 aromatic heterocycles. The maximum Gasteiger partial charge on any atom is 0.251 e. The van der Waals surface area contributed by atoms with Crippen LogP contribution in [-0.2, 0) is 0 Å². The lowest BCUT2D eigenvalue weighted by Crippen LogP contribution is -2.03. The lowest BCUT2D eigenvalue weighted by atomic mass is 10.1. The number of hydrazone groups is 1. The van der Waals surface area contributed by atoms with Crippen LogP contribution in [0.15, 0.2) is 34.1 Å². The third-order valence-corrected chi connectivity index (χ3v) is 3.19. The standard InChI is InChI=1S/C17H20N4O3/c1-12(2)6-7-23-15-5-4-13(8-16(15)22-3)10-20-21-17-14(9-18)19-11-24-17/h4-5,8,10-12,21H,6-7H2,1-3H3/b20-10+. The number of nitrogens with one attached hydrogen (secondary N) is 1. The molecule has 0 bridgehead atoms. The fraction of sp³-hybridized carbons (Fsp3) is 0.353. The number of benzene rings is 1. The van der Waals surface area contributed by atoms with E-state index in [1.165, 1.54) is 6.39 Å². The molecule has 1 heterocycles. The van der Waals surface area contributed by atoms with Gasteiger partial charge >= 0.3 is 0 Å². The van der Waals surface area contributed by atoms with E-state index >= 15 is 0 Å². The fourth-order valence-electron chi connectivity index (χ4n) is 1.86. The molecular weight excluding hydrogens is 308 g/mol. The van der Waals surface area contributed by atoms with Crippen molar-refractivity contribution in [2.45, 2.75) is 20.3 Å². The quantitative estimate of drug-likeness (QED) is 0.589. The molecule has 0 radical (unpaired) electrons. The van der Waals surface area contributed by atoms with Crippen molar-refractivity contribution in [3.8, 4) is 17.6 Å². The number of nitrogens with zero attached hydrogens (tertiary/aromatic N) is 3. The number of hydrogen-bond donors (Lipinski definition) is 1. The molecule has 7 heteroatoms. The van der Waals surface area contributed by atoms with Gasteiger partial charge in [-0.25, -0.2) is 10.4 Å². The van der Waals surface area contributed by atoms with Crippen molar-refractivity contribution in [3.05, 3.63) is 35.9 Å². The summed E-state index contributed by atoms with van der Waals surface area (Å²) in [6.45, 7) is 4.95. The predicted octanol–water partition coefficient (Wildman–Crippen LogP) is 3.43. The van der Waals surface area contributed by atoms with Gasteiger partial charge < -0.3 is 13.9 Å². The Hall–Kier alpha value is -3.01. The second-order valence-electron chi connectivity index (χ2n) is 5.45. The van der Waals surface area contributed by atoms with Crippen LogP contribution in [0.25, 0.3) is 0 Å². The van der Waals surface area contributed by atoms with E-state index in [1.807, 2.05) is 24.3 Å². The summed E-state index contributed by atoms with van der Waals surface area (Å²) in [4.78, 5) is 3.74. The Morgan fingerprint density at radius 3 is 2.96 bits per heavy atom. The van der Waals surface area contributed by atoms with Crippen LogP contribution in [0, 0.1) is 17.2 Å². The van der Waals surface area contributed by atoms with Gasteiger partial charge in [-0.3, -0.25) is 0 Å². The summed E-state index contributed by atoms with van der Waals surface area (Å²) in [5.74, 6) is 2.13. The van der Waals surface area contributed by atoms with Crippen LogP contribution in [0.4, 0.5) is 5.88 Å². The highest BCUT2D eigenvalue weighted by molar-refractivity contribution is 5.81. The van der Waals surface area contributed by atoms with Gasteiger partial charge in [-0.05, 0) is 36.1 Å². The van der Waals surface area contributed by atoms with Gasteiger partial charge in [-0.1, -0.05) is 13.8 Å². The molecule has 2 aromatic rings. The summed E-state index contributed by atoms with van der Waals surface area (Å²) < 4.78 is 16.1. The fourth-order valence-corrected chi connectivity index (χ4v) is 1.86. The maximum absolute atomic E-state index is 8.83. The van der Waals surface area contributed by atoms with Crippen LogP contribution >= 0.6 is 0 Å². The molecule has 126 valence electrons. The van der Waals surface area contributed by atoms with E-state index in [0.29, 0.717) is 24.0 Å². The second-order valence-corrected chi connectivity index (χ2v) is 5.45. The van der Waals surface area contributed by atoms with Gasteiger partial charge in [0.2, 0.25) is 5.69 Å². The van der Waals surface area contributed by atoms with Gasteiger partial charge in [-0.15, -0.1) is 0 Å². The first kappa shape index (κ1) is 17.3. The highest BCUT2D eigenvalue weighted by atomic mass is 16.5. The van der Waals surface area contributed by atoms with Crippen LogP contribution in [0.2, 0.25) is 0 Å². The van der Waals surface area contributed by atoms with Crippen molar-refractivity contribution in [1.82, 2.24) is 4.98 Å². The minimum Gasteiger partial charge on any atom is -0.493 e. The van der Waals surface area contributed by atoms with E-state index in [0.717, 1.165) is 12.0 Å². The number of anilines is 1. The monoisotopic (exact) mass is 328 g/mol. The molecular formula is C17H20N4O3. The van der Waals surface area contributed by atoms with Crippen LogP contribution < -0.4 is 14.9 Å². The molecule has 0 amide bonds. The van der Waals surface area contributed by atoms with E-state index in [2.05, 4.69) is 29.4 Å². The smallest absolute Gasteiger partial charge is 0.251 e. The molecule has 2 rings (SSSR count). The molecule has 1 aromatic carbocycles. The summed E-state index contributed by atoms with van der Waals surface area (Å²) in [7, 11) is 1.59. The zero-order valence-electron chi connectivity index (χ0n) is 13.9. The van der Waals surface area contributed by atoms with Crippen molar-refractivity contribution >= 4 is 12.1 Å². The first-order valence-corrected chi connectivity index (χ1v) is 7.57. The molecule has 0 saturated carbocycles. The average Bonchev–Trinajstić information content (AvgIpc) is 3.03. The Morgan fingerprint density at radius 1 is 1.42 bits per heavy atom. The van der Waals surface area contributed by atoms with Gasteiger partial charge in [0.05, 0.1) is 19.9 Å². The van der Waals surface area contributed by atoms with Crippen molar-refractivity contribution in [1.29, 1.82) is 5.26 Å². The number of hydrogen-bond acceptors (Lipinski definition) is 7. The van der Waals surface area contributed by atoms with Gasteiger partial charge in [0.15, 0.2) is 17.9 Å². The molecule has 1 N–H and O–H groups in total. The summed E-state index contributed by atoms with van der Waals surface area (Å²) in [5.41, 5.74) is 3.60. The third kappa shape index (κ3) is 4.74. The topological polar surface area (TPSA) is 92.7 Å². The Balaban J connectivity index is 2.01. The Morgan fingerprint density at radius 2 is 2.25 bits per heavy atom. The van der Waals surface area contributed by atoms with Crippen molar-refractivity contribution < 1.29 is 13.9 Å². The Labute approximate surface area is 140 Å². The van der Waals surface area contributed by atoms with Gasteiger partial charge in [0, 0.05) is 0 Å². The van der Waals surface area contributed by atoms with Crippen molar-refractivity contribution in [2.24, 2.45) is 11.0 Å². The van der Waals surface area contributed by atoms with E-state index in [9.17, 15) is 0 Å². The minimum absolute atomic E-state index is 0.152. The molecule has 0 spiro atoms. The lowest BCUT2D eigenvalue weighted by Gasteiger charge is -2.12. The third-order valence-electron chi connectivity index (χ3n) is 3.19. The van der Waals surface area contributed by atoms with Crippen LogP contribution in [0.1, 0.15) is 31.5 Å². The number of aromatic nitrogens is 1. The maximum atomic E-state index is 8.83. The molecule has 0 aliphatic rings. The van der Waals surface area contributed by atoms with Crippen LogP contribution in [0.5, 0.6) is 11.5 Å². The molecule has 0 aliphatic heterocycles. The molecule has 0 atom stereocenters. The number of oxazole rings is 1. The summed E-state index contributed by atoms with van der Waals surface area (Å²) in [6.07, 6.45) is 3.75. The van der Waals surface area contributed by atoms with E-state index < -0.39 is 0 Å². The molecule has 0 unspecified atom stereocenters. The second kappa shape index (κ2) is 8.58. The molecule has 0 aliphatic carbocycles. The Kier molecular flexibility index (Phi) is 6.20. The van der Waals surface area contributed by atoms with Crippen LogP contribution in [-0.4, -0.2) is 24.9 Å². The van der Waals surface area contributed by atoms with E-state index in [4.69, 9.17) is 19.2 Å². The zero-order chi connectivity index (χ0) is 17.4. The number of nitriles is 1. The van der Waals surface area contributed by atoms with Gasteiger partial charge in [0.1, 0.15) is 6.07 Å². The van der Waals surface area contributed by atoms with E-state index in [1.54, 1.807) is 13.3 Å². The highest BCUT2D eigenvalue weighted by Crippen LogP contribution is 2.28. The number of ether oxygens (including phenoxy) is 2. The molecule has 7 nitrogen and oxygen atoms in total. The first-order chi connectivity index (χ1) is 11.6. The molecule has 24 heavy (non-hydrogen) atoms. The first-order valence-electron chi connectivity index (χ1n) is 7.57. The number of rotatable bonds is 8. The zero-order valence-corrected chi connectivity index (χ0v) is 13.9. The van der Waals surface area contributed by atoms with Gasteiger partial charge in [-0.2, -0.15) is 10.4 Å². The molecule has 0 fully saturated rings. The summed E-state index contributed by atoms with van der Waals surface area (Å²) in [6, 6.07) is 7.43. The normalized spacial score (nSPS) is 10.8. The highest BCUT2D eigenvalue weighted by Gasteiger charge is 2.07. The predicted molar refractivity (Wildman–Crippen MR) is 90.4 cm³/mol. The van der Waals surface area contributed by atoms with Gasteiger partial charge in [0.25, 0.3) is 5.88 Å². The van der Waals surface area contributed by atoms with Crippen molar-refractivity contribution in [3.63, 3.8) is 0 Å². The summed E-state index contributed by atoms with van der Waals surface area (Å²) >= 11 is 0. The largest absolute Gasteiger partial charge is 0.493 e. The Bertz CT molecular complexity index is 732. The van der Waals surface area contributed by atoms with E-state index in [-0.39, 0.29) is 11.6 Å². The minimum atomic E-state index is 0.152. The SMILES string of the molecule is COc1cc(/C=N/Nc2ocnc2C#N)ccc1OCCC(C)C.